The lowest BCUT2D eigenvalue weighted by Crippen LogP contribution is -2.20. The normalized spacial score (nSPS) is 9.94. The Kier molecular flexibility index (Phi) is 3.19. The molecule has 3 nitrogen and oxygen atoms in total. The van der Waals surface area contributed by atoms with E-state index in [1.54, 1.807) is 30.5 Å². The molecule has 0 bridgehead atoms. The van der Waals surface area contributed by atoms with Crippen LogP contribution in [0.1, 0.15) is 5.56 Å². The van der Waals surface area contributed by atoms with Gasteiger partial charge < -0.3 is 0 Å². The molecule has 0 spiro atoms. The smallest absolute Gasteiger partial charge is 0.273 e. The van der Waals surface area contributed by atoms with Gasteiger partial charge in [-0.25, -0.2) is 0 Å². The number of nitriles is 1. The molecule has 84 valence electrons. The van der Waals surface area contributed by atoms with Crippen LogP contribution in [-0.4, -0.2) is 4.57 Å². The molecule has 1 heterocycles. The van der Waals surface area contributed by atoms with E-state index in [1.165, 1.54) is 10.6 Å². The first-order valence-corrected chi connectivity index (χ1v) is 5.46. The fourth-order valence-electron chi connectivity index (χ4n) is 1.45. The van der Waals surface area contributed by atoms with Crippen molar-refractivity contribution < 1.29 is 0 Å². The maximum absolute atomic E-state index is 11.9. The van der Waals surface area contributed by atoms with E-state index in [0.717, 1.165) is 0 Å². The third-order valence-electron chi connectivity index (χ3n) is 2.24. The first kappa shape index (κ1) is 11.7. The largest absolute Gasteiger partial charge is 0.282 e. The summed E-state index contributed by atoms with van der Waals surface area (Å²) in [6, 6.07) is 9.72. The van der Waals surface area contributed by atoms with Crippen LogP contribution in [0.4, 0.5) is 0 Å². The van der Waals surface area contributed by atoms with Crippen LogP contribution in [-0.2, 0) is 0 Å². The van der Waals surface area contributed by atoms with Crippen LogP contribution in [0.2, 0.25) is 10.0 Å². The third kappa shape index (κ3) is 2.19. The highest BCUT2D eigenvalue weighted by molar-refractivity contribution is 6.35. The van der Waals surface area contributed by atoms with Crippen molar-refractivity contribution in [3.63, 3.8) is 0 Å². The van der Waals surface area contributed by atoms with Gasteiger partial charge in [0.25, 0.3) is 5.56 Å². The standard InChI is InChI=1S/C12H6Cl2N2O/c13-9-3-4-11(10(14)6-9)16-5-1-2-8(7-15)12(16)17/h1-6H. The number of hydrogen-bond donors (Lipinski definition) is 0. The predicted molar refractivity (Wildman–Crippen MR) is 66.8 cm³/mol. The topological polar surface area (TPSA) is 45.8 Å². The fourth-order valence-corrected chi connectivity index (χ4v) is 1.95. The summed E-state index contributed by atoms with van der Waals surface area (Å²) >= 11 is 11.8. The third-order valence-corrected chi connectivity index (χ3v) is 2.77. The lowest BCUT2D eigenvalue weighted by atomic mass is 10.2. The molecule has 1 aromatic heterocycles. The van der Waals surface area contributed by atoms with E-state index in [4.69, 9.17) is 28.5 Å². The van der Waals surface area contributed by atoms with E-state index < -0.39 is 5.56 Å². The van der Waals surface area contributed by atoms with E-state index in [2.05, 4.69) is 0 Å². The Labute approximate surface area is 107 Å². The van der Waals surface area contributed by atoms with E-state index in [9.17, 15) is 4.79 Å². The highest BCUT2D eigenvalue weighted by atomic mass is 35.5. The molecule has 17 heavy (non-hydrogen) atoms. The molecule has 0 amide bonds. The minimum atomic E-state index is -0.403. The Morgan fingerprint density at radius 2 is 2.00 bits per heavy atom. The zero-order valence-corrected chi connectivity index (χ0v) is 10.0. The van der Waals surface area contributed by atoms with Gasteiger partial charge in [-0.3, -0.25) is 9.36 Å². The molecule has 0 aliphatic carbocycles. The van der Waals surface area contributed by atoms with Gasteiger partial charge in [-0.05, 0) is 30.3 Å². The summed E-state index contributed by atoms with van der Waals surface area (Å²) in [5, 5.41) is 9.63. The number of benzene rings is 1. The Balaban J connectivity index is 2.70. The van der Waals surface area contributed by atoms with Gasteiger partial charge in [-0.15, -0.1) is 0 Å². The molecule has 0 fully saturated rings. The Bertz CT molecular complexity index is 671. The Hall–Kier alpha value is -1.76. The van der Waals surface area contributed by atoms with Gasteiger partial charge in [0.1, 0.15) is 11.6 Å². The number of nitrogens with zero attached hydrogens (tertiary/aromatic N) is 2. The number of aromatic nitrogens is 1. The highest BCUT2D eigenvalue weighted by Crippen LogP contribution is 2.23. The van der Waals surface area contributed by atoms with Crippen molar-refractivity contribution in [2.45, 2.75) is 0 Å². The van der Waals surface area contributed by atoms with Gasteiger partial charge in [0, 0.05) is 11.2 Å². The molecule has 0 N–H and O–H groups in total. The van der Waals surface area contributed by atoms with E-state index in [0.29, 0.717) is 15.7 Å². The first-order chi connectivity index (χ1) is 8.13. The van der Waals surface area contributed by atoms with Crippen molar-refractivity contribution in [2.24, 2.45) is 0 Å². The van der Waals surface area contributed by atoms with Crippen LogP contribution in [0.5, 0.6) is 0 Å². The molecule has 0 aliphatic rings. The van der Waals surface area contributed by atoms with Crippen molar-refractivity contribution >= 4 is 23.2 Å². The van der Waals surface area contributed by atoms with Crippen LogP contribution in [0.25, 0.3) is 5.69 Å². The Morgan fingerprint density at radius 1 is 1.24 bits per heavy atom. The average Bonchev–Trinajstić information content (AvgIpc) is 2.30. The highest BCUT2D eigenvalue weighted by Gasteiger charge is 2.07. The van der Waals surface area contributed by atoms with Crippen molar-refractivity contribution in [1.29, 1.82) is 5.26 Å². The van der Waals surface area contributed by atoms with Gasteiger partial charge in [-0.1, -0.05) is 23.2 Å². The average molecular weight is 265 g/mol. The van der Waals surface area contributed by atoms with Gasteiger partial charge in [0.15, 0.2) is 0 Å². The first-order valence-electron chi connectivity index (χ1n) is 4.70. The molecule has 0 unspecified atom stereocenters. The summed E-state index contributed by atoms with van der Waals surface area (Å²) in [5.41, 5.74) is 0.163. The van der Waals surface area contributed by atoms with E-state index in [-0.39, 0.29) is 5.56 Å². The quantitative estimate of drug-likeness (QED) is 0.795. The monoisotopic (exact) mass is 264 g/mol. The molecule has 0 saturated heterocycles. The molecular weight excluding hydrogens is 259 g/mol. The van der Waals surface area contributed by atoms with Gasteiger partial charge in [0.2, 0.25) is 0 Å². The van der Waals surface area contributed by atoms with Gasteiger partial charge in [0.05, 0.1) is 10.7 Å². The Morgan fingerprint density at radius 3 is 2.65 bits per heavy atom. The van der Waals surface area contributed by atoms with Crippen molar-refractivity contribution in [2.75, 3.05) is 0 Å². The fraction of sp³-hybridized carbons (Fsp3) is 0. The molecule has 1 aromatic carbocycles. The van der Waals surface area contributed by atoms with Crippen LogP contribution >= 0.6 is 23.2 Å². The van der Waals surface area contributed by atoms with Crippen LogP contribution < -0.4 is 5.56 Å². The van der Waals surface area contributed by atoms with Crippen LogP contribution in [0.15, 0.2) is 41.3 Å². The molecule has 5 heteroatoms. The molecule has 0 aliphatic heterocycles. The van der Waals surface area contributed by atoms with Crippen molar-refractivity contribution in [3.05, 3.63) is 62.5 Å². The summed E-state index contributed by atoms with van der Waals surface area (Å²) in [4.78, 5) is 11.9. The maximum atomic E-state index is 11.9. The second-order valence-corrected chi connectivity index (χ2v) is 4.15. The summed E-state index contributed by atoms with van der Waals surface area (Å²) in [6.45, 7) is 0. The summed E-state index contributed by atoms with van der Waals surface area (Å²) in [5.74, 6) is 0. The minimum absolute atomic E-state index is 0.0681. The minimum Gasteiger partial charge on any atom is -0.282 e. The van der Waals surface area contributed by atoms with E-state index in [1.807, 2.05) is 6.07 Å². The number of hydrogen-bond acceptors (Lipinski definition) is 2. The number of rotatable bonds is 1. The van der Waals surface area contributed by atoms with Crippen LogP contribution in [0, 0.1) is 11.3 Å². The molecule has 0 saturated carbocycles. The van der Waals surface area contributed by atoms with E-state index >= 15 is 0 Å². The zero-order chi connectivity index (χ0) is 12.4. The molecule has 2 rings (SSSR count). The van der Waals surface area contributed by atoms with Gasteiger partial charge in [-0.2, -0.15) is 5.26 Å². The lowest BCUT2D eigenvalue weighted by Gasteiger charge is -2.07. The predicted octanol–water partition coefficient (Wildman–Crippen LogP) is 3.02. The second kappa shape index (κ2) is 4.62. The zero-order valence-electron chi connectivity index (χ0n) is 8.52. The van der Waals surface area contributed by atoms with Crippen LogP contribution in [0.3, 0.4) is 0 Å². The summed E-state index contributed by atoms with van der Waals surface area (Å²) < 4.78 is 1.32. The maximum Gasteiger partial charge on any atom is 0.273 e. The van der Waals surface area contributed by atoms with Crippen molar-refractivity contribution in [3.8, 4) is 11.8 Å². The SMILES string of the molecule is N#Cc1cccn(-c2ccc(Cl)cc2Cl)c1=O. The molecule has 0 atom stereocenters. The lowest BCUT2D eigenvalue weighted by molar-refractivity contribution is 0.982. The summed E-state index contributed by atoms with van der Waals surface area (Å²) in [7, 11) is 0. The van der Waals surface area contributed by atoms with Gasteiger partial charge >= 0.3 is 0 Å². The second-order valence-electron chi connectivity index (χ2n) is 3.30. The molecule has 2 aromatic rings. The number of halogens is 2. The number of pyridine rings is 1. The van der Waals surface area contributed by atoms with Crippen molar-refractivity contribution in [1.82, 2.24) is 4.57 Å². The molecule has 0 radical (unpaired) electrons. The summed E-state index contributed by atoms with van der Waals surface area (Å²) in [6.07, 6.45) is 1.55. The molecular formula is C12H6Cl2N2O.